The molecule has 9 rings (SSSR count). The molecule has 0 amide bonds. The zero-order valence-corrected chi connectivity index (χ0v) is 24.4. The summed E-state index contributed by atoms with van der Waals surface area (Å²) in [6, 6.07) is 42.4. The van der Waals surface area contributed by atoms with Crippen LogP contribution in [0.5, 0.6) is 0 Å². The molecule has 0 N–H and O–H groups in total. The van der Waals surface area contributed by atoms with E-state index in [1.165, 1.54) is 27.1 Å². The highest BCUT2D eigenvalue weighted by Gasteiger charge is 2.18. The summed E-state index contributed by atoms with van der Waals surface area (Å²) in [7, 11) is 0. The number of para-hydroxylation sites is 1. The van der Waals surface area contributed by atoms with Gasteiger partial charge in [0.25, 0.3) is 0 Å². The van der Waals surface area contributed by atoms with Crippen LogP contribution in [0.3, 0.4) is 0 Å². The fourth-order valence-electron chi connectivity index (χ4n) is 6.59. The van der Waals surface area contributed by atoms with Gasteiger partial charge in [0.15, 0.2) is 17.5 Å². The van der Waals surface area contributed by atoms with E-state index >= 15 is 0 Å². The third kappa shape index (κ3) is 4.34. The number of fused-ring (bicyclic) bond motifs is 6. The second-order valence-electron chi connectivity index (χ2n) is 11.5. The lowest BCUT2D eigenvalue weighted by molar-refractivity contribution is 0.669. The van der Waals surface area contributed by atoms with E-state index in [2.05, 4.69) is 109 Å². The highest BCUT2D eigenvalue weighted by molar-refractivity contribution is 6.14. The number of hydrogen-bond donors (Lipinski definition) is 0. The average molecular weight is 578 g/mol. The summed E-state index contributed by atoms with van der Waals surface area (Å²) >= 11 is 0. The first-order chi connectivity index (χ1) is 22.3. The Balaban J connectivity index is 1.21. The van der Waals surface area contributed by atoms with Gasteiger partial charge in [0, 0.05) is 27.5 Å². The fraction of sp³-hybridized carbons (Fsp3) is 0.0488. The van der Waals surface area contributed by atoms with Gasteiger partial charge in [-0.1, -0.05) is 121 Å². The van der Waals surface area contributed by atoms with Gasteiger partial charge in [-0.05, 0) is 63.7 Å². The van der Waals surface area contributed by atoms with E-state index < -0.39 is 0 Å². The van der Waals surface area contributed by atoms with E-state index in [4.69, 9.17) is 19.4 Å². The Labute approximate surface area is 260 Å². The van der Waals surface area contributed by atoms with E-state index in [1.54, 1.807) is 0 Å². The fourth-order valence-corrected chi connectivity index (χ4v) is 6.59. The number of nitrogens with zero attached hydrogens (tertiary/aromatic N) is 3. The molecule has 4 heteroatoms. The van der Waals surface area contributed by atoms with Crippen LogP contribution in [0.1, 0.15) is 18.7 Å². The van der Waals surface area contributed by atoms with Crippen LogP contribution in [0, 0.1) is 0 Å². The summed E-state index contributed by atoms with van der Waals surface area (Å²) in [6.45, 7) is 0. The van der Waals surface area contributed by atoms with Crippen molar-refractivity contribution in [2.45, 2.75) is 12.8 Å². The number of benzene rings is 6. The molecule has 2 heterocycles. The molecular formula is C41H27N3O. The van der Waals surface area contributed by atoms with Crippen LogP contribution in [0.4, 0.5) is 0 Å². The van der Waals surface area contributed by atoms with Gasteiger partial charge in [-0.3, -0.25) is 0 Å². The molecule has 0 saturated carbocycles. The van der Waals surface area contributed by atoms with Crippen LogP contribution in [-0.2, 0) is 0 Å². The van der Waals surface area contributed by atoms with E-state index in [1.807, 2.05) is 30.3 Å². The van der Waals surface area contributed by atoms with Crippen molar-refractivity contribution >= 4 is 49.1 Å². The Morgan fingerprint density at radius 2 is 1.18 bits per heavy atom. The Morgan fingerprint density at radius 1 is 0.489 bits per heavy atom. The molecule has 6 aromatic carbocycles. The van der Waals surface area contributed by atoms with E-state index in [9.17, 15) is 0 Å². The Morgan fingerprint density at radius 3 is 2.02 bits per heavy atom. The molecule has 0 unspecified atom stereocenters. The maximum Gasteiger partial charge on any atom is 0.164 e. The molecule has 0 spiro atoms. The highest BCUT2D eigenvalue weighted by atomic mass is 16.3. The van der Waals surface area contributed by atoms with E-state index in [-0.39, 0.29) is 0 Å². The monoisotopic (exact) mass is 577 g/mol. The summed E-state index contributed by atoms with van der Waals surface area (Å²) in [4.78, 5) is 15.1. The van der Waals surface area contributed by atoms with Crippen LogP contribution in [-0.4, -0.2) is 15.0 Å². The van der Waals surface area contributed by atoms with Crippen molar-refractivity contribution in [3.63, 3.8) is 0 Å². The molecule has 1 aliphatic rings. The van der Waals surface area contributed by atoms with Crippen molar-refractivity contribution in [2.75, 3.05) is 0 Å². The second kappa shape index (κ2) is 10.4. The molecule has 45 heavy (non-hydrogen) atoms. The first-order valence-corrected chi connectivity index (χ1v) is 15.4. The van der Waals surface area contributed by atoms with Crippen molar-refractivity contribution in [2.24, 2.45) is 0 Å². The topological polar surface area (TPSA) is 51.8 Å². The van der Waals surface area contributed by atoms with Gasteiger partial charge in [-0.25, -0.2) is 15.0 Å². The summed E-state index contributed by atoms with van der Waals surface area (Å²) in [5.41, 5.74) is 6.94. The summed E-state index contributed by atoms with van der Waals surface area (Å²) in [6.07, 6.45) is 8.52. The molecule has 0 bridgehead atoms. The molecular weight excluding hydrogens is 550 g/mol. The molecule has 0 radical (unpaired) electrons. The molecule has 0 fully saturated rings. The van der Waals surface area contributed by atoms with Gasteiger partial charge in [0.1, 0.15) is 11.2 Å². The average Bonchev–Trinajstić information content (AvgIpc) is 3.51. The molecule has 8 aromatic rings. The zero-order valence-electron chi connectivity index (χ0n) is 24.4. The molecule has 2 aromatic heterocycles. The van der Waals surface area contributed by atoms with Crippen molar-refractivity contribution in [1.82, 2.24) is 15.0 Å². The van der Waals surface area contributed by atoms with Crippen LogP contribution >= 0.6 is 0 Å². The predicted octanol–water partition coefficient (Wildman–Crippen LogP) is 10.8. The van der Waals surface area contributed by atoms with Gasteiger partial charge in [-0.15, -0.1) is 0 Å². The molecule has 0 atom stereocenters. The normalized spacial score (nSPS) is 13.2. The Kier molecular flexibility index (Phi) is 5.91. The van der Waals surface area contributed by atoms with Crippen LogP contribution in [0.25, 0.3) is 83.0 Å². The number of rotatable bonds is 4. The van der Waals surface area contributed by atoms with Crippen LogP contribution < -0.4 is 0 Å². The molecule has 0 saturated heterocycles. The van der Waals surface area contributed by atoms with Crippen molar-refractivity contribution in [3.05, 3.63) is 145 Å². The van der Waals surface area contributed by atoms with Gasteiger partial charge in [0.2, 0.25) is 0 Å². The van der Waals surface area contributed by atoms with Crippen LogP contribution in [0.2, 0.25) is 0 Å². The van der Waals surface area contributed by atoms with Crippen molar-refractivity contribution in [1.29, 1.82) is 0 Å². The Bertz CT molecular complexity index is 2480. The smallest absolute Gasteiger partial charge is 0.164 e. The highest BCUT2D eigenvalue weighted by Crippen LogP contribution is 2.38. The minimum absolute atomic E-state index is 0.636. The van der Waals surface area contributed by atoms with E-state index in [0.29, 0.717) is 17.5 Å². The Hall–Kier alpha value is -5.87. The summed E-state index contributed by atoms with van der Waals surface area (Å²) in [5, 5.41) is 7.07. The quantitative estimate of drug-likeness (QED) is 0.195. The van der Waals surface area contributed by atoms with Crippen LogP contribution in [0.15, 0.2) is 144 Å². The molecule has 0 aliphatic heterocycles. The first kappa shape index (κ1) is 25.6. The molecule has 1 aliphatic carbocycles. The third-order valence-electron chi connectivity index (χ3n) is 8.75. The summed E-state index contributed by atoms with van der Waals surface area (Å²) in [5.74, 6) is 1.96. The standard InChI is InChI=1S/C41H27N3O/c1-2-11-27(12-3-1)39-42-40(44-41(43-39)34-18-10-20-37-38(34)33-17-8-9-19-36(33)45-37)28-23-21-26(22-24-28)35-25-29-13-4-5-14-30(29)31-15-6-7-16-32(31)35/h2,4-25H,1,3H2. The van der Waals surface area contributed by atoms with Gasteiger partial charge in [0.05, 0.1) is 0 Å². The maximum atomic E-state index is 6.19. The number of furan rings is 1. The lowest BCUT2D eigenvalue weighted by Gasteiger charge is -2.13. The lowest BCUT2D eigenvalue weighted by Crippen LogP contribution is -2.03. The minimum atomic E-state index is 0.636. The lowest BCUT2D eigenvalue weighted by atomic mass is 9.93. The van der Waals surface area contributed by atoms with Crippen molar-refractivity contribution in [3.8, 4) is 33.9 Å². The van der Waals surface area contributed by atoms with Crippen molar-refractivity contribution < 1.29 is 4.42 Å². The largest absolute Gasteiger partial charge is 0.456 e. The number of aromatic nitrogens is 3. The molecule has 4 nitrogen and oxygen atoms in total. The van der Waals surface area contributed by atoms with Gasteiger partial charge < -0.3 is 4.42 Å². The maximum absolute atomic E-state index is 6.19. The molecule has 212 valence electrons. The van der Waals surface area contributed by atoms with Gasteiger partial charge >= 0.3 is 0 Å². The zero-order chi connectivity index (χ0) is 29.7. The minimum Gasteiger partial charge on any atom is -0.456 e. The van der Waals surface area contributed by atoms with Gasteiger partial charge in [-0.2, -0.15) is 0 Å². The third-order valence-corrected chi connectivity index (χ3v) is 8.75. The number of allylic oxidation sites excluding steroid dienone is 4. The summed E-state index contributed by atoms with van der Waals surface area (Å²) < 4.78 is 6.19. The first-order valence-electron chi connectivity index (χ1n) is 15.4. The predicted molar refractivity (Wildman–Crippen MR) is 185 cm³/mol. The van der Waals surface area contributed by atoms with E-state index in [0.717, 1.165) is 57.0 Å². The number of hydrogen-bond acceptors (Lipinski definition) is 4. The SMILES string of the molecule is C1=CC(c2nc(-c3ccc(-c4cc5ccccc5c5ccccc45)cc3)nc(-c3cccc4oc5ccccc5c34)n2)=CCC1. The second-order valence-corrected chi connectivity index (χ2v) is 11.5.